The fourth-order valence-corrected chi connectivity index (χ4v) is 2.79. The van der Waals surface area contributed by atoms with Crippen molar-refractivity contribution in [2.24, 2.45) is 0 Å². The summed E-state index contributed by atoms with van der Waals surface area (Å²) >= 11 is 0. The van der Waals surface area contributed by atoms with E-state index in [0.29, 0.717) is 0 Å². The number of rotatable bonds is 12. The summed E-state index contributed by atoms with van der Waals surface area (Å²) in [5.74, 6) is 0. The van der Waals surface area contributed by atoms with Crippen LogP contribution in [0.25, 0.3) is 0 Å². The van der Waals surface area contributed by atoms with Crippen LogP contribution >= 0.6 is 0 Å². The van der Waals surface area contributed by atoms with Crippen molar-refractivity contribution in [3.05, 3.63) is 23.5 Å². The van der Waals surface area contributed by atoms with Gasteiger partial charge in [-0.15, -0.1) is 0 Å². The highest BCUT2D eigenvalue weighted by Crippen LogP contribution is 2.15. The third-order valence-electron chi connectivity index (χ3n) is 4.11. The van der Waals surface area contributed by atoms with Gasteiger partial charge in [0.2, 0.25) is 0 Å². The SMILES string of the molecule is CCCCCCCCCCCCc1c[nH]cc1CC. The molecular formula is C18H33N. The molecule has 110 valence electrons. The largest absolute Gasteiger partial charge is 0.367 e. The summed E-state index contributed by atoms with van der Waals surface area (Å²) in [5.41, 5.74) is 3.05. The van der Waals surface area contributed by atoms with Gasteiger partial charge in [-0.05, 0) is 30.4 Å². The molecule has 1 aromatic rings. The van der Waals surface area contributed by atoms with Crippen molar-refractivity contribution in [1.29, 1.82) is 0 Å². The molecule has 1 heterocycles. The van der Waals surface area contributed by atoms with Gasteiger partial charge in [-0.2, -0.15) is 0 Å². The standard InChI is InChI=1S/C18H33N/c1-3-5-6-7-8-9-10-11-12-13-14-18-16-19-15-17(18)4-2/h15-16,19H,3-14H2,1-2H3. The van der Waals surface area contributed by atoms with Gasteiger partial charge in [-0.3, -0.25) is 0 Å². The number of nitrogens with one attached hydrogen (secondary N) is 1. The minimum Gasteiger partial charge on any atom is -0.367 e. The van der Waals surface area contributed by atoms with Crippen LogP contribution in [0.3, 0.4) is 0 Å². The van der Waals surface area contributed by atoms with Crippen molar-refractivity contribution < 1.29 is 0 Å². The Morgan fingerprint density at radius 1 is 0.684 bits per heavy atom. The number of aromatic amines is 1. The second-order valence-corrected chi connectivity index (χ2v) is 5.79. The number of hydrogen-bond acceptors (Lipinski definition) is 0. The lowest BCUT2D eigenvalue weighted by Crippen LogP contribution is -1.89. The first kappa shape index (κ1) is 16.3. The Balaban J connectivity index is 1.89. The first-order valence-corrected chi connectivity index (χ1v) is 8.53. The summed E-state index contributed by atoms with van der Waals surface area (Å²) in [6, 6.07) is 0. The van der Waals surface area contributed by atoms with E-state index in [0.717, 1.165) is 6.42 Å². The van der Waals surface area contributed by atoms with E-state index in [1.807, 2.05) is 0 Å². The molecule has 0 aliphatic carbocycles. The van der Waals surface area contributed by atoms with Crippen LogP contribution in [0.2, 0.25) is 0 Å². The van der Waals surface area contributed by atoms with Crippen molar-refractivity contribution >= 4 is 0 Å². The molecule has 0 saturated heterocycles. The zero-order chi connectivity index (χ0) is 13.8. The summed E-state index contributed by atoms with van der Waals surface area (Å²) in [7, 11) is 0. The van der Waals surface area contributed by atoms with Crippen LogP contribution in [-0.2, 0) is 12.8 Å². The molecule has 0 unspecified atom stereocenters. The maximum Gasteiger partial charge on any atom is 0.00401 e. The van der Waals surface area contributed by atoms with Crippen LogP contribution in [0.15, 0.2) is 12.4 Å². The van der Waals surface area contributed by atoms with Gasteiger partial charge in [0.15, 0.2) is 0 Å². The van der Waals surface area contributed by atoms with Gasteiger partial charge >= 0.3 is 0 Å². The Morgan fingerprint density at radius 2 is 1.21 bits per heavy atom. The van der Waals surface area contributed by atoms with Gasteiger partial charge in [0.05, 0.1) is 0 Å². The molecule has 0 atom stereocenters. The molecule has 0 aliphatic rings. The Hall–Kier alpha value is -0.720. The van der Waals surface area contributed by atoms with Crippen molar-refractivity contribution in [2.45, 2.75) is 90.9 Å². The molecule has 0 fully saturated rings. The molecule has 19 heavy (non-hydrogen) atoms. The number of aromatic nitrogens is 1. The van der Waals surface area contributed by atoms with Crippen LogP contribution in [0.4, 0.5) is 0 Å². The molecule has 1 N–H and O–H groups in total. The van der Waals surface area contributed by atoms with Crippen molar-refractivity contribution in [3.63, 3.8) is 0 Å². The minimum atomic E-state index is 1.16. The lowest BCUT2D eigenvalue weighted by Gasteiger charge is -2.03. The van der Waals surface area contributed by atoms with Crippen molar-refractivity contribution in [3.8, 4) is 0 Å². The number of unbranched alkanes of at least 4 members (excludes halogenated alkanes) is 9. The third-order valence-corrected chi connectivity index (χ3v) is 4.11. The molecule has 1 aromatic heterocycles. The first-order chi connectivity index (χ1) is 9.38. The lowest BCUT2D eigenvalue weighted by atomic mass is 10.0. The highest BCUT2D eigenvalue weighted by molar-refractivity contribution is 5.23. The van der Waals surface area contributed by atoms with Crippen molar-refractivity contribution in [1.82, 2.24) is 4.98 Å². The maximum atomic E-state index is 3.23. The molecular weight excluding hydrogens is 230 g/mol. The molecule has 0 aliphatic heterocycles. The van der Waals surface area contributed by atoms with E-state index in [9.17, 15) is 0 Å². The Labute approximate surface area is 120 Å². The average molecular weight is 263 g/mol. The smallest absolute Gasteiger partial charge is 0.00401 e. The minimum absolute atomic E-state index is 1.16. The molecule has 1 rings (SSSR count). The Morgan fingerprint density at radius 3 is 1.79 bits per heavy atom. The highest BCUT2D eigenvalue weighted by atomic mass is 14.6. The molecule has 0 aromatic carbocycles. The van der Waals surface area contributed by atoms with E-state index < -0.39 is 0 Å². The number of aryl methyl sites for hydroxylation is 2. The molecule has 1 nitrogen and oxygen atoms in total. The molecule has 0 bridgehead atoms. The molecule has 0 radical (unpaired) electrons. The van der Waals surface area contributed by atoms with E-state index in [2.05, 4.69) is 31.2 Å². The van der Waals surface area contributed by atoms with E-state index in [-0.39, 0.29) is 0 Å². The van der Waals surface area contributed by atoms with Crippen LogP contribution in [0, 0.1) is 0 Å². The predicted molar refractivity (Wildman–Crippen MR) is 85.7 cm³/mol. The van der Waals surface area contributed by atoms with Crippen LogP contribution in [0.5, 0.6) is 0 Å². The fraction of sp³-hybridized carbons (Fsp3) is 0.778. The van der Waals surface area contributed by atoms with Gasteiger partial charge < -0.3 is 4.98 Å². The van der Waals surface area contributed by atoms with Gasteiger partial charge in [-0.25, -0.2) is 0 Å². The quantitative estimate of drug-likeness (QED) is 0.442. The normalized spacial score (nSPS) is 11.1. The summed E-state index contributed by atoms with van der Waals surface area (Å²) in [4.78, 5) is 3.23. The molecule has 0 amide bonds. The monoisotopic (exact) mass is 263 g/mol. The first-order valence-electron chi connectivity index (χ1n) is 8.53. The molecule has 0 spiro atoms. The summed E-state index contributed by atoms with van der Waals surface area (Å²) in [5, 5.41) is 0. The maximum absolute atomic E-state index is 3.23. The van der Waals surface area contributed by atoms with Crippen LogP contribution < -0.4 is 0 Å². The van der Waals surface area contributed by atoms with E-state index in [1.165, 1.54) is 76.2 Å². The average Bonchev–Trinajstić information content (AvgIpc) is 2.88. The van der Waals surface area contributed by atoms with Crippen LogP contribution in [-0.4, -0.2) is 4.98 Å². The Kier molecular flexibility index (Phi) is 9.57. The second kappa shape index (κ2) is 11.1. The zero-order valence-corrected chi connectivity index (χ0v) is 13.1. The summed E-state index contributed by atoms with van der Waals surface area (Å²) < 4.78 is 0. The second-order valence-electron chi connectivity index (χ2n) is 5.79. The number of H-pyrrole nitrogens is 1. The van der Waals surface area contributed by atoms with E-state index in [1.54, 1.807) is 5.56 Å². The number of hydrogen-bond donors (Lipinski definition) is 1. The van der Waals surface area contributed by atoms with Gasteiger partial charge in [0.1, 0.15) is 0 Å². The topological polar surface area (TPSA) is 15.8 Å². The van der Waals surface area contributed by atoms with Gasteiger partial charge in [0, 0.05) is 12.4 Å². The van der Waals surface area contributed by atoms with Gasteiger partial charge in [-0.1, -0.05) is 71.6 Å². The third kappa shape index (κ3) is 7.44. The summed E-state index contributed by atoms with van der Waals surface area (Å²) in [6.45, 7) is 4.53. The zero-order valence-electron chi connectivity index (χ0n) is 13.1. The van der Waals surface area contributed by atoms with Gasteiger partial charge in [0.25, 0.3) is 0 Å². The van der Waals surface area contributed by atoms with Crippen molar-refractivity contribution in [2.75, 3.05) is 0 Å². The fourth-order valence-electron chi connectivity index (χ4n) is 2.79. The van der Waals surface area contributed by atoms with E-state index in [4.69, 9.17) is 0 Å². The van der Waals surface area contributed by atoms with Crippen LogP contribution in [0.1, 0.15) is 89.2 Å². The predicted octanol–water partition coefficient (Wildman–Crippen LogP) is 6.04. The highest BCUT2D eigenvalue weighted by Gasteiger charge is 2.01. The molecule has 1 heteroatoms. The Bertz CT molecular complexity index is 300. The van der Waals surface area contributed by atoms with E-state index >= 15 is 0 Å². The molecule has 0 saturated carbocycles. The summed E-state index contributed by atoms with van der Waals surface area (Å²) in [6.07, 6.45) is 21.0. The lowest BCUT2D eigenvalue weighted by molar-refractivity contribution is 0.556.